The van der Waals surface area contributed by atoms with Gasteiger partial charge in [-0.2, -0.15) is 0 Å². The van der Waals surface area contributed by atoms with Gasteiger partial charge in [0.15, 0.2) is 11.5 Å². The number of amides is 1. The first-order valence-corrected chi connectivity index (χ1v) is 8.63. The van der Waals surface area contributed by atoms with Crippen molar-refractivity contribution in [3.05, 3.63) is 53.7 Å². The van der Waals surface area contributed by atoms with E-state index in [0.717, 1.165) is 16.7 Å². The first-order chi connectivity index (χ1) is 13.0. The Labute approximate surface area is 158 Å². The number of anilines is 1. The summed E-state index contributed by atoms with van der Waals surface area (Å²) < 4.78 is 16.1. The first kappa shape index (κ1) is 18.5. The van der Waals surface area contributed by atoms with Gasteiger partial charge in [-0.25, -0.2) is 0 Å². The molecule has 0 spiro atoms. The molecule has 3 rings (SSSR count). The number of nitrogens with one attached hydrogen (secondary N) is 1. The van der Waals surface area contributed by atoms with Crippen LogP contribution in [0.4, 0.5) is 5.69 Å². The lowest BCUT2D eigenvalue weighted by molar-refractivity contribution is 0.102. The molecule has 0 unspecified atom stereocenters. The number of ether oxygens (including phenoxy) is 3. The van der Waals surface area contributed by atoms with Crippen LogP contribution in [0.1, 0.15) is 23.0 Å². The van der Waals surface area contributed by atoms with E-state index in [-0.39, 0.29) is 5.91 Å². The maximum atomic E-state index is 12.8. The Morgan fingerprint density at radius 2 is 1.85 bits per heavy atom. The zero-order chi connectivity index (χ0) is 19.4. The fraction of sp³-hybridized carbons (Fsp3) is 0.238. The molecule has 0 aliphatic carbocycles. The van der Waals surface area contributed by atoms with Crippen LogP contribution in [-0.4, -0.2) is 31.7 Å². The molecular formula is C21H22N2O4. The number of hydrogen-bond donors (Lipinski definition) is 1. The molecular weight excluding hydrogens is 344 g/mol. The average molecular weight is 366 g/mol. The number of carbonyl (C=O) groups is 1. The number of pyridine rings is 1. The molecule has 0 fully saturated rings. The molecule has 0 aliphatic rings. The first-order valence-electron chi connectivity index (χ1n) is 8.63. The van der Waals surface area contributed by atoms with Gasteiger partial charge in [0.05, 0.1) is 37.6 Å². The molecule has 1 heterocycles. The van der Waals surface area contributed by atoms with Crippen molar-refractivity contribution in [3.8, 4) is 17.2 Å². The van der Waals surface area contributed by atoms with Crippen LogP contribution >= 0.6 is 0 Å². The van der Waals surface area contributed by atoms with Gasteiger partial charge < -0.3 is 19.5 Å². The van der Waals surface area contributed by atoms with Crippen molar-refractivity contribution in [1.29, 1.82) is 0 Å². The van der Waals surface area contributed by atoms with Gasteiger partial charge in [0.1, 0.15) is 5.75 Å². The molecule has 0 aliphatic heterocycles. The highest BCUT2D eigenvalue weighted by Gasteiger charge is 2.14. The van der Waals surface area contributed by atoms with E-state index in [1.165, 1.54) is 0 Å². The Morgan fingerprint density at radius 3 is 2.56 bits per heavy atom. The van der Waals surface area contributed by atoms with Crippen molar-refractivity contribution in [2.45, 2.75) is 13.8 Å². The quantitative estimate of drug-likeness (QED) is 0.708. The van der Waals surface area contributed by atoms with Gasteiger partial charge in [0.2, 0.25) is 0 Å². The predicted octanol–water partition coefficient (Wildman–Crippen LogP) is 4.21. The molecule has 1 N–H and O–H groups in total. The summed E-state index contributed by atoms with van der Waals surface area (Å²) in [7, 11) is 3.17. The number of aromatic nitrogens is 1. The topological polar surface area (TPSA) is 69.7 Å². The molecule has 1 aromatic heterocycles. The molecule has 0 saturated heterocycles. The van der Waals surface area contributed by atoms with Gasteiger partial charge >= 0.3 is 0 Å². The Kier molecular flexibility index (Phi) is 5.45. The van der Waals surface area contributed by atoms with Crippen LogP contribution in [-0.2, 0) is 0 Å². The summed E-state index contributed by atoms with van der Waals surface area (Å²) in [5, 5.41) is 3.73. The van der Waals surface area contributed by atoms with E-state index < -0.39 is 0 Å². The predicted molar refractivity (Wildman–Crippen MR) is 105 cm³/mol. The minimum absolute atomic E-state index is 0.240. The van der Waals surface area contributed by atoms with E-state index in [9.17, 15) is 4.79 Å². The summed E-state index contributed by atoms with van der Waals surface area (Å²) in [6.45, 7) is 4.25. The van der Waals surface area contributed by atoms with Crippen LogP contribution in [0.25, 0.3) is 10.9 Å². The number of hydrogen-bond acceptors (Lipinski definition) is 5. The number of benzene rings is 2. The smallest absolute Gasteiger partial charge is 0.257 e. The van der Waals surface area contributed by atoms with Crippen molar-refractivity contribution in [2.24, 2.45) is 0 Å². The molecule has 0 saturated carbocycles. The standard InChI is InChI=1S/C21H22N2O4/c1-5-27-19-9-6-15(12-20(19)26-4)23-21(24)17-11-14-10-16(25-3)7-8-18(14)22-13(17)2/h6-12H,5H2,1-4H3,(H,23,24). The molecule has 140 valence electrons. The maximum absolute atomic E-state index is 12.8. The highest BCUT2D eigenvalue weighted by molar-refractivity contribution is 6.07. The van der Waals surface area contributed by atoms with E-state index >= 15 is 0 Å². The summed E-state index contributed by atoms with van der Waals surface area (Å²) in [6, 6.07) is 12.7. The number of carbonyl (C=O) groups excluding carboxylic acids is 1. The van der Waals surface area contributed by atoms with Gasteiger partial charge in [-0.3, -0.25) is 9.78 Å². The Morgan fingerprint density at radius 1 is 1.04 bits per heavy atom. The van der Waals surface area contributed by atoms with Crippen LogP contribution < -0.4 is 19.5 Å². The summed E-state index contributed by atoms with van der Waals surface area (Å²) in [5.74, 6) is 1.67. The van der Waals surface area contributed by atoms with E-state index in [1.807, 2.05) is 38.1 Å². The molecule has 0 atom stereocenters. The lowest BCUT2D eigenvalue weighted by Crippen LogP contribution is -2.14. The highest BCUT2D eigenvalue weighted by atomic mass is 16.5. The minimum Gasteiger partial charge on any atom is -0.497 e. The van der Waals surface area contributed by atoms with Crippen molar-refractivity contribution >= 4 is 22.5 Å². The van der Waals surface area contributed by atoms with Gasteiger partial charge in [-0.1, -0.05) is 0 Å². The second-order valence-corrected chi connectivity index (χ2v) is 5.93. The number of nitrogens with zero attached hydrogens (tertiary/aromatic N) is 1. The monoisotopic (exact) mass is 366 g/mol. The molecule has 1 amide bonds. The van der Waals surface area contributed by atoms with Gasteiger partial charge in [0.25, 0.3) is 5.91 Å². The summed E-state index contributed by atoms with van der Waals surface area (Å²) in [5.41, 5.74) is 2.59. The summed E-state index contributed by atoms with van der Waals surface area (Å²) in [6.07, 6.45) is 0. The van der Waals surface area contributed by atoms with Crippen LogP contribution in [0.3, 0.4) is 0 Å². The Hall–Kier alpha value is -3.28. The van der Waals surface area contributed by atoms with Gasteiger partial charge in [0, 0.05) is 17.1 Å². The van der Waals surface area contributed by atoms with Crippen molar-refractivity contribution in [1.82, 2.24) is 4.98 Å². The van der Waals surface area contributed by atoms with Gasteiger partial charge in [-0.15, -0.1) is 0 Å². The number of fused-ring (bicyclic) bond motifs is 1. The summed E-state index contributed by atoms with van der Waals surface area (Å²) >= 11 is 0. The normalized spacial score (nSPS) is 10.5. The molecule has 0 radical (unpaired) electrons. The zero-order valence-electron chi connectivity index (χ0n) is 15.8. The molecule has 27 heavy (non-hydrogen) atoms. The van der Waals surface area contributed by atoms with E-state index in [1.54, 1.807) is 32.4 Å². The summed E-state index contributed by atoms with van der Waals surface area (Å²) in [4.78, 5) is 17.3. The second kappa shape index (κ2) is 7.95. The SMILES string of the molecule is CCOc1ccc(NC(=O)c2cc3cc(OC)ccc3nc2C)cc1OC. The van der Waals surface area contributed by atoms with Gasteiger partial charge in [-0.05, 0) is 50.2 Å². The van der Waals surface area contributed by atoms with Crippen molar-refractivity contribution < 1.29 is 19.0 Å². The van der Waals surface area contributed by atoms with E-state index in [4.69, 9.17) is 14.2 Å². The average Bonchev–Trinajstić information content (AvgIpc) is 2.68. The molecule has 6 nitrogen and oxygen atoms in total. The van der Waals surface area contributed by atoms with E-state index in [2.05, 4.69) is 10.3 Å². The third kappa shape index (κ3) is 3.95. The second-order valence-electron chi connectivity index (χ2n) is 5.93. The van der Waals surface area contributed by atoms with Crippen LogP contribution in [0.15, 0.2) is 42.5 Å². The molecule has 0 bridgehead atoms. The maximum Gasteiger partial charge on any atom is 0.257 e. The number of methoxy groups -OCH3 is 2. The lowest BCUT2D eigenvalue weighted by Gasteiger charge is -2.13. The molecule has 6 heteroatoms. The zero-order valence-corrected chi connectivity index (χ0v) is 15.8. The van der Waals surface area contributed by atoms with Crippen LogP contribution in [0.5, 0.6) is 17.2 Å². The largest absolute Gasteiger partial charge is 0.497 e. The van der Waals surface area contributed by atoms with Crippen molar-refractivity contribution in [3.63, 3.8) is 0 Å². The molecule has 2 aromatic carbocycles. The Balaban J connectivity index is 1.90. The Bertz CT molecular complexity index is 985. The third-order valence-corrected chi connectivity index (χ3v) is 4.18. The third-order valence-electron chi connectivity index (χ3n) is 4.18. The highest BCUT2D eigenvalue weighted by Crippen LogP contribution is 2.30. The van der Waals surface area contributed by atoms with E-state index in [0.29, 0.717) is 35.1 Å². The molecule has 3 aromatic rings. The van der Waals surface area contributed by atoms with Crippen molar-refractivity contribution in [2.75, 3.05) is 26.1 Å². The van der Waals surface area contributed by atoms with Crippen LogP contribution in [0.2, 0.25) is 0 Å². The fourth-order valence-electron chi connectivity index (χ4n) is 2.83. The fourth-order valence-corrected chi connectivity index (χ4v) is 2.83. The number of rotatable bonds is 6. The minimum atomic E-state index is -0.240. The van der Waals surface area contributed by atoms with Crippen LogP contribution in [0, 0.1) is 6.92 Å². The lowest BCUT2D eigenvalue weighted by atomic mass is 10.1. The number of aryl methyl sites for hydroxylation is 1.